The van der Waals surface area contributed by atoms with Crippen molar-refractivity contribution in [1.82, 2.24) is 4.98 Å². The molecular weight excluding hydrogens is 164 g/mol. The van der Waals surface area contributed by atoms with Gasteiger partial charge in [-0.25, -0.2) is 0 Å². The molecule has 2 N–H and O–H groups in total. The van der Waals surface area contributed by atoms with Crippen LogP contribution < -0.4 is 10.5 Å². The summed E-state index contributed by atoms with van der Waals surface area (Å²) in [5.74, 6) is 1.14. The SMILES string of the molecule is CC(C)C(C)Oc1cnccc1N. The molecule has 3 nitrogen and oxygen atoms in total. The molecule has 0 bridgehead atoms. The average Bonchev–Trinajstić information content (AvgIpc) is 2.08. The molecule has 0 amide bonds. The summed E-state index contributed by atoms with van der Waals surface area (Å²) >= 11 is 0. The highest BCUT2D eigenvalue weighted by atomic mass is 16.5. The number of aromatic nitrogens is 1. The Morgan fingerprint density at radius 3 is 2.62 bits per heavy atom. The summed E-state index contributed by atoms with van der Waals surface area (Å²) in [7, 11) is 0. The van der Waals surface area contributed by atoms with Crippen LogP contribution >= 0.6 is 0 Å². The lowest BCUT2D eigenvalue weighted by Crippen LogP contribution is -2.19. The normalized spacial score (nSPS) is 12.9. The van der Waals surface area contributed by atoms with E-state index in [0.29, 0.717) is 17.4 Å². The summed E-state index contributed by atoms with van der Waals surface area (Å²) in [6.45, 7) is 6.24. The highest BCUT2D eigenvalue weighted by molar-refractivity contribution is 5.49. The Morgan fingerprint density at radius 2 is 2.08 bits per heavy atom. The van der Waals surface area contributed by atoms with Gasteiger partial charge in [0.05, 0.1) is 18.0 Å². The lowest BCUT2D eigenvalue weighted by Gasteiger charge is -2.18. The third-order valence-electron chi connectivity index (χ3n) is 2.07. The van der Waals surface area contributed by atoms with E-state index >= 15 is 0 Å². The summed E-state index contributed by atoms with van der Waals surface area (Å²) in [6.07, 6.45) is 3.46. The van der Waals surface area contributed by atoms with E-state index in [4.69, 9.17) is 10.5 Å². The summed E-state index contributed by atoms with van der Waals surface area (Å²) in [5.41, 5.74) is 6.35. The first-order valence-electron chi connectivity index (χ1n) is 4.47. The lowest BCUT2D eigenvalue weighted by molar-refractivity contribution is 0.171. The second-order valence-electron chi connectivity index (χ2n) is 3.48. The lowest BCUT2D eigenvalue weighted by atomic mass is 10.1. The van der Waals surface area contributed by atoms with Crippen LogP contribution in [0.2, 0.25) is 0 Å². The van der Waals surface area contributed by atoms with Gasteiger partial charge in [0.2, 0.25) is 0 Å². The number of hydrogen-bond donors (Lipinski definition) is 1. The van der Waals surface area contributed by atoms with Gasteiger partial charge in [-0.3, -0.25) is 4.98 Å². The van der Waals surface area contributed by atoms with Crippen LogP contribution in [-0.2, 0) is 0 Å². The van der Waals surface area contributed by atoms with Gasteiger partial charge in [-0.1, -0.05) is 13.8 Å². The van der Waals surface area contributed by atoms with Gasteiger partial charge in [-0.2, -0.15) is 0 Å². The molecule has 0 aromatic carbocycles. The van der Waals surface area contributed by atoms with E-state index in [1.165, 1.54) is 0 Å². The minimum absolute atomic E-state index is 0.159. The number of nitrogen functional groups attached to an aromatic ring is 1. The first-order chi connectivity index (χ1) is 6.11. The van der Waals surface area contributed by atoms with Crippen molar-refractivity contribution in [2.24, 2.45) is 5.92 Å². The molecule has 0 spiro atoms. The van der Waals surface area contributed by atoms with E-state index in [-0.39, 0.29) is 6.10 Å². The smallest absolute Gasteiger partial charge is 0.160 e. The minimum atomic E-state index is 0.159. The summed E-state index contributed by atoms with van der Waals surface area (Å²) in [5, 5.41) is 0. The van der Waals surface area contributed by atoms with Crippen molar-refractivity contribution in [3.63, 3.8) is 0 Å². The monoisotopic (exact) mass is 180 g/mol. The number of ether oxygens (including phenoxy) is 1. The van der Waals surface area contributed by atoms with E-state index in [1.807, 2.05) is 6.92 Å². The fourth-order valence-corrected chi connectivity index (χ4v) is 0.826. The molecule has 1 aromatic rings. The van der Waals surface area contributed by atoms with E-state index in [2.05, 4.69) is 18.8 Å². The van der Waals surface area contributed by atoms with Crippen LogP contribution in [0.5, 0.6) is 5.75 Å². The molecule has 0 saturated heterocycles. The third kappa shape index (κ3) is 2.61. The molecule has 0 saturated carbocycles. The predicted molar refractivity (Wildman–Crippen MR) is 53.6 cm³/mol. The number of nitrogens with two attached hydrogens (primary N) is 1. The zero-order valence-electron chi connectivity index (χ0n) is 8.32. The van der Waals surface area contributed by atoms with Gasteiger partial charge >= 0.3 is 0 Å². The molecule has 72 valence electrons. The number of hydrogen-bond acceptors (Lipinski definition) is 3. The van der Waals surface area contributed by atoms with Gasteiger partial charge in [0.15, 0.2) is 5.75 Å². The Kier molecular flexibility index (Phi) is 3.12. The first kappa shape index (κ1) is 9.84. The molecule has 0 radical (unpaired) electrons. The highest BCUT2D eigenvalue weighted by Gasteiger charge is 2.10. The number of pyridine rings is 1. The molecule has 1 aromatic heterocycles. The topological polar surface area (TPSA) is 48.1 Å². The van der Waals surface area contributed by atoms with Gasteiger partial charge in [-0.15, -0.1) is 0 Å². The fraction of sp³-hybridized carbons (Fsp3) is 0.500. The Labute approximate surface area is 78.9 Å². The van der Waals surface area contributed by atoms with Gasteiger partial charge < -0.3 is 10.5 Å². The van der Waals surface area contributed by atoms with Crippen molar-refractivity contribution >= 4 is 5.69 Å². The number of anilines is 1. The number of nitrogens with zero attached hydrogens (tertiary/aromatic N) is 1. The van der Waals surface area contributed by atoms with Crippen molar-refractivity contribution in [1.29, 1.82) is 0 Å². The molecule has 0 aliphatic rings. The van der Waals surface area contributed by atoms with E-state index < -0.39 is 0 Å². The maximum atomic E-state index is 5.70. The summed E-state index contributed by atoms with van der Waals surface area (Å²) in [4.78, 5) is 3.95. The zero-order chi connectivity index (χ0) is 9.84. The second kappa shape index (κ2) is 4.12. The van der Waals surface area contributed by atoms with Crippen LogP contribution in [0.4, 0.5) is 5.69 Å². The van der Waals surface area contributed by atoms with Crippen LogP contribution in [0, 0.1) is 5.92 Å². The molecule has 1 rings (SSSR count). The Hall–Kier alpha value is -1.25. The van der Waals surface area contributed by atoms with Crippen molar-refractivity contribution in [3.8, 4) is 5.75 Å². The number of rotatable bonds is 3. The van der Waals surface area contributed by atoms with E-state index in [1.54, 1.807) is 18.5 Å². The van der Waals surface area contributed by atoms with Crippen molar-refractivity contribution in [2.75, 3.05) is 5.73 Å². The van der Waals surface area contributed by atoms with E-state index in [9.17, 15) is 0 Å². The molecule has 0 aliphatic heterocycles. The molecule has 13 heavy (non-hydrogen) atoms. The molecule has 0 fully saturated rings. The quantitative estimate of drug-likeness (QED) is 0.774. The van der Waals surface area contributed by atoms with Crippen LogP contribution in [0.25, 0.3) is 0 Å². The Morgan fingerprint density at radius 1 is 1.38 bits per heavy atom. The molecule has 1 unspecified atom stereocenters. The predicted octanol–water partition coefficient (Wildman–Crippen LogP) is 2.09. The maximum absolute atomic E-state index is 5.70. The molecular formula is C10H16N2O. The van der Waals surface area contributed by atoms with E-state index in [0.717, 1.165) is 0 Å². The Balaban J connectivity index is 2.69. The van der Waals surface area contributed by atoms with Crippen molar-refractivity contribution in [2.45, 2.75) is 26.9 Å². The fourth-order valence-electron chi connectivity index (χ4n) is 0.826. The molecule has 3 heteroatoms. The third-order valence-corrected chi connectivity index (χ3v) is 2.07. The van der Waals surface area contributed by atoms with Gasteiger partial charge in [0.1, 0.15) is 0 Å². The van der Waals surface area contributed by atoms with Crippen molar-refractivity contribution < 1.29 is 4.74 Å². The van der Waals surface area contributed by atoms with Crippen LogP contribution in [0.3, 0.4) is 0 Å². The van der Waals surface area contributed by atoms with Crippen LogP contribution in [0.15, 0.2) is 18.5 Å². The minimum Gasteiger partial charge on any atom is -0.487 e. The van der Waals surface area contributed by atoms with Crippen molar-refractivity contribution in [3.05, 3.63) is 18.5 Å². The zero-order valence-corrected chi connectivity index (χ0v) is 8.32. The standard InChI is InChI=1S/C10H16N2O/c1-7(2)8(3)13-10-6-12-5-4-9(10)11/h4-8H,1-3H3,(H2,11,12). The molecule has 1 atom stereocenters. The van der Waals surface area contributed by atoms with Gasteiger partial charge in [0, 0.05) is 6.20 Å². The average molecular weight is 180 g/mol. The largest absolute Gasteiger partial charge is 0.487 e. The first-order valence-corrected chi connectivity index (χ1v) is 4.47. The Bertz CT molecular complexity index is 273. The second-order valence-corrected chi connectivity index (χ2v) is 3.48. The van der Waals surface area contributed by atoms with Gasteiger partial charge in [0.25, 0.3) is 0 Å². The summed E-state index contributed by atoms with van der Waals surface area (Å²) < 4.78 is 5.62. The highest BCUT2D eigenvalue weighted by Crippen LogP contribution is 2.21. The van der Waals surface area contributed by atoms with Crippen LogP contribution in [-0.4, -0.2) is 11.1 Å². The van der Waals surface area contributed by atoms with Gasteiger partial charge in [-0.05, 0) is 18.9 Å². The maximum Gasteiger partial charge on any atom is 0.160 e. The molecule has 0 aliphatic carbocycles. The molecule has 1 heterocycles. The summed E-state index contributed by atoms with van der Waals surface area (Å²) in [6, 6.07) is 1.74. The van der Waals surface area contributed by atoms with Crippen LogP contribution in [0.1, 0.15) is 20.8 Å².